The fraction of sp³-hybridized carbons (Fsp3) is 0.300. The number of rotatable bonds is 2. The predicted molar refractivity (Wildman–Crippen MR) is 58.3 cm³/mol. The van der Waals surface area contributed by atoms with Crippen molar-refractivity contribution < 1.29 is 0 Å². The number of nitrogens with zero attached hydrogens (tertiary/aromatic N) is 4. The highest BCUT2D eigenvalue weighted by Crippen LogP contribution is 2.33. The molecule has 1 aliphatic rings. The van der Waals surface area contributed by atoms with E-state index in [0.717, 1.165) is 12.8 Å². The van der Waals surface area contributed by atoms with Gasteiger partial charge in [-0.2, -0.15) is 0 Å². The summed E-state index contributed by atoms with van der Waals surface area (Å²) in [4.78, 5) is 16.1. The minimum atomic E-state index is -0.117. The van der Waals surface area contributed by atoms with Gasteiger partial charge in [0.05, 0.1) is 0 Å². The average molecular weight is 217 g/mol. The van der Waals surface area contributed by atoms with Crippen molar-refractivity contribution in [1.82, 2.24) is 19.3 Å². The van der Waals surface area contributed by atoms with Gasteiger partial charge in [0, 0.05) is 30.7 Å². The third-order valence-electron chi connectivity index (χ3n) is 2.62. The van der Waals surface area contributed by atoms with Crippen molar-refractivity contribution in [3.63, 3.8) is 0 Å². The van der Waals surface area contributed by atoms with Gasteiger partial charge in [0.2, 0.25) is 5.82 Å². The van der Waals surface area contributed by atoms with E-state index in [9.17, 15) is 4.79 Å². The molecule has 1 saturated carbocycles. The summed E-state index contributed by atoms with van der Waals surface area (Å²) in [6.07, 6.45) is 7.09. The number of nitrogen functional groups attached to an aromatic ring is 1. The Morgan fingerprint density at radius 3 is 2.81 bits per heavy atom. The zero-order valence-electron chi connectivity index (χ0n) is 8.58. The lowest BCUT2D eigenvalue weighted by molar-refractivity contribution is 0.678. The zero-order valence-corrected chi connectivity index (χ0v) is 8.58. The molecule has 2 heterocycles. The molecule has 2 aromatic heterocycles. The fourth-order valence-electron chi connectivity index (χ4n) is 1.67. The molecule has 2 aromatic rings. The lowest BCUT2D eigenvalue weighted by Gasteiger charge is -2.04. The molecule has 6 heteroatoms. The molecular formula is C10H11N5O. The molecule has 1 aliphatic carbocycles. The van der Waals surface area contributed by atoms with E-state index < -0.39 is 0 Å². The maximum absolute atomic E-state index is 12.1. The molecule has 2 N–H and O–H groups in total. The van der Waals surface area contributed by atoms with Crippen LogP contribution in [-0.2, 0) is 0 Å². The summed E-state index contributed by atoms with van der Waals surface area (Å²) in [6, 6.07) is 1.97. The Bertz CT molecular complexity index is 581. The van der Waals surface area contributed by atoms with Crippen molar-refractivity contribution in [2.75, 3.05) is 5.73 Å². The Labute approximate surface area is 91.3 Å². The van der Waals surface area contributed by atoms with Crippen molar-refractivity contribution in [3.05, 3.63) is 35.0 Å². The second-order valence-corrected chi connectivity index (χ2v) is 3.88. The molecule has 0 saturated heterocycles. The van der Waals surface area contributed by atoms with E-state index in [0.29, 0.717) is 17.7 Å². The molecule has 0 spiro atoms. The first-order valence-corrected chi connectivity index (χ1v) is 5.14. The highest BCUT2D eigenvalue weighted by atomic mass is 16.1. The molecule has 6 nitrogen and oxygen atoms in total. The van der Waals surface area contributed by atoms with Crippen molar-refractivity contribution >= 4 is 5.82 Å². The first-order valence-electron chi connectivity index (χ1n) is 5.14. The van der Waals surface area contributed by atoms with E-state index in [2.05, 4.69) is 10.1 Å². The van der Waals surface area contributed by atoms with Crippen molar-refractivity contribution in [1.29, 1.82) is 0 Å². The Balaban J connectivity index is 2.14. The number of hydrogen-bond acceptors (Lipinski definition) is 4. The summed E-state index contributed by atoms with van der Waals surface area (Å²) in [7, 11) is 0. The lowest BCUT2D eigenvalue weighted by Crippen LogP contribution is -2.24. The third kappa shape index (κ3) is 1.39. The van der Waals surface area contributed by atoms with Crippen LogP contribution in [0.4, 0.5) is 5.82 Å². The molecule has 0 unspecified atom stereocenters. The molecule has 0 atom stereocenters. The van der Waals surface area contributed by atoms with Crippen LogP contribution < -0.4 is 11.3 Å². The second-order valence-electron chi connectivity index (χ2n) is 3.88. The number of hydrogen-bond donors (Lipinski definition) is 1. The number of aromatic nitrogens is 4. The summed E-state index contributed by atoms with van der Waals surface area (Å²) in [5, 5.41) is 3.98. The normalized spacial score (nSPS) is 15.2. The summed E-state index contributed by atoms with van der Waals surface area (Å²) in [5.41, 5.74) is 5.39. The third-order valence-corrected chi connectivity index (χ3v) is 2.62. The van der Waals surface area contributed by atoms with Gasteiger partial charge in [0.15, 0.2) is 0 Å². The van der Waals surface area contributed by atoms with Gasteiger partial charge < -0.3 is 10.3 Å². The van der Waals surface area contributed by atoms with Gasteiger partial charge in [0.1, 0.15) is 5.82 Å². The smallest absolute Gasteiger partial charge is 0.295 e. The summed E-state index contributed by atoms with van der Waals surface area (Å²) >= 11 is 0. The van der Waals surface area contributed by atoms with Crippen LogP contribution in [0.15, 0.2) is 29.5 Å². The van der Waals surface area contributed by atoms with E-state index in [-0.39, 0.29) is 5.56 Å². The van der Waals surface area contributed by atoms with E-state index in [1.54, 1.807) is 29.2 Å². The monoisotopic (exact) mass is 217 g/mol. The first-order chi connectivity index (χ1) is 7.75. The Hall–Kier alpha value is -2.11. The molecule has 0 bridgehead atoms. The molecular weight excluding hydrogens is 206 g/mol. The van der Waals surface area contributed by atoms with Crippen molar-refractivity contribution in [2.45, 2.75) is 18.9 Å². The highest BCUT2D eigenvalue weighted by molar-refractivity contribution is 5.28. The van der Waals surface area contributed by atoms with Gasteiger partial charge >= 0.3 is 0 Å². The number of anilines is 1. The van der Waals surface area contributed by atoms with Crippen molar-refractivity contribution in [3.8, 4) is 5.82 Å². The fourth-order valence-corrected chi connectivity index (χ4v) is 1.67. The van der Waals surface area contributed by atoms with Crippen LogP contribution in [0, 0.1) is 0 Å². The average Bonchev–Trinajstić information content (AvgIpc) is 3.02. The summed E-state index contributed by atoms with van der Waals surface area (Å²) in [5.74, 6) is 0.675. The lowest BCUT2D eigenvalue weighted by atomic mass is 10.5. The van der Waals surface area contributed by atoms with Gasteiger partial charge in [0.25, 0.3) is 5.56 Å². The Morgan fingerprint density at radius 2 is 2.19 bits per heavy atom. The van der Waals surface area contributed by atoms with Crippen LogP contribution in [0.1, 0.15) is 18.9 Å². The molecule has 0 aromatic carbocycles. The van der Waals surface area contributed by atoms with Crippen LogP contribution in [0.2, 0.25) is 0 Å². The highest BCUT2D eigenvalue weighted by Gasteiger charge is 2.25. The second kappa shape index (κ2) is 3.19. The standard InChI is InChI=1S/C10H11N5O/c11-8-3-5-15(13-8)9-10(16)14(6-4-12-9)7-1-2-7/h3-7H,1-2H2,(H2,11,13). The molecule has 0 aliphatic heterocycles. The maximum Gasteiger partial charge on any atom is 0.295 e. The number of nitrogens with two attached hydrogens (primary N) is 1. The van der Waals surface area contributed by atoms with Gasteiger partial charge in [-0.15, -0.1) is 5.10 Å². The van der Waals surface area contributed by atoms with E-state index >= 15 is 0 Å². The van der Waals surface area contributed by atoms with Gasteiger partial charge in [-0.3, -0.25) is 4.79 Å². The minimum Gasteiger partial charge on any atom is -0.382 e. The maximum atomic E-state index is 12.1. The van der Waals surface area contributed by atoms with Crippen LogP contribution >= 0.6 is 0 Å². The minimum absolute atomic E-state index is 0.117. The largest absolute Gasteiger partial charge is 0.382 e. The van der Waals surface area contributed by atoms with Gasteiger partial charge in [-0.1, -0.05) is 0 Å². The molecule has 0 radical (unpaired) electrons. The van der Waals surface area contributed by atoms with Crippen LogP contribution in [0.5, 0.6) is 0 Å². The van der Waals surface area contributed by atoms with Crippen LogP contribution in [0.3, 0.4) is 0 Å². The Morgan fingerprint density at radius 1 is 1.38 bits per heavy atom. The van der Waals surface area contributed by atoms with Gasteiger partial charge in [-0.25, -0.2) is 9.67 Å². The predicted octanol–water partition coefficient (Wildman–Crippen LogP) is 0.346. The first kappa shape index (κ1) is 9.14. The van der Waals surface area contributed by atoms with Crippen LogP contribution in [-0.4, -0.2) is 19.3 Å². The van der Waals surface area contributed by atoms with Crippen LogP contribution in [0.25, 0.3) is 5.82 Å². The van der Waals surface area contributed by atoms with Crippen molar-refractivity contribution in [2.24, 2.45) is 0 Å². The van der Waals surface area contributed by atoms with E-state index in [4.69, 9.17) is 5.73 Å². The molecule has 82 valence electrons. The summed E-state index contributed by atoms with van der Waals surface area (Å²) in [6.45, 7) is 0. The molecule has 16 heavy (non-hydrogen) atoms. The summed E-state index contributed by atoms with van der Waals surface area (Å²) < 4.78 is 3.12. The quantitative estimate of drug-likeness (QED) is 0.787. The van der Waals surface area contributed by atoms with E-state index in [1.165, 1.54) is 4.68 Å². The molecule has 1 fully saturated rings. The zero-order chi connectivity index (χ0) is 11.1. The molecule has 3 rings (SSSR count). The topological polar surface area (TPSA) is 78.7 Å². The molecule has 0 amide bonds. The SMILES string of the molecule is Nc1ccn(-c2nccn(C3CC3)c2=O)n1. The van der Waals surface area contributed by atoms with E-state index in [1.807, 2.05) is 0 Å². The van der Waals surface area contributed by atoms with Gasteiger partial charge in [-0.05, 0) is 12.8 Å². The Kier molecular flexibility index (Phi) is 1.82.